The summed E-state index contributed by atoms with van der Waals surface area (Å²) in [6.07, 6.45) is 4.66. The van der Waals surface area contributed by atoms with Crippen molar-refractivity contribution >= 4 is 0 Å². The Hall–Kier alpha value is -0.160. The van der Waals surface area contributed by atoms with Gasteiger partial charge >= 0.3 is 0 Å². The highest BCUT2D eigenvalue weighted by Crippen LogP contribution is 2.53. The molecule has 0 unspecified atom stereocenters. The summed E-state index contributed by atoms with van der Waals surface area (Å²) < 4.78 is 24.0. The zero-order valence-corrected chi connectivity index (χ0v) is 13.3. The summed E-state index contributed by atoms with van der Waals surface area (Å²) in [6.45, 7) is 10.7. The summed E-state index contributed by atoms with van der Waals surface area (Å²) in [5, 5.41) is 0. The van der Waals surface area contributed by atoms with Gasteiger partial charge in [0.25, 0.3) is 0 Å². The molecule has 4 nitrogen and oxygen atoms in total. The van der Waals surface area contributed by atoms with Crippen molar-refractivity contribution in [2.75, 3.05) is 0 Å². The zero-order chi connectivity index (χ0) is 14.5. The fraction of sp³-hybridized carbons (Fsp3) is 1.00. The number of ether oxygens (including phenoxy) is 4. The van der Waals surface area contributed by atoms with Gasteiger partial charge in [-0.25, -0.2) is 0 Å². The first-order valence-electron chi connectivity index (χ1n) is 7.97. The normalized spacial score (nSPS) is 48.5. The van der Waals surface area contributed by atoms with Crippen LogP contribution < -0.4 is 0 Å². The fourth-order valence-electron chi connectivity index (χ4n) is 3.82. The topological polar surface area (TPSA) is 36.9 Å². The predicted molar refractivity (Wildman–Crippen MR) is 75.3 cm³/mol. The molecular weight excluding hydrogens is 256 g/mol. The molecule has 2 heterocycles. The number of hydrogen-bond donors (Lipinski definition) is 0. The SMILES string of the molecule is C[C@H]1OC(C[C@]2(C)CCC3(C2)O[C@H](C)[C@@H](C)O3)O[C@@H]1C. The average molecular weight is 284 g/mol. The summed E-state index contributed by atoms with van der Waals surface area (Å²) in [5.41, 5.74) is 0.179. The Morgan fingerprint density at radius 2 is 1.40 bits per heavy atom. The van der Waals surface area contributed by atoms with Gasteiger partial charge in [-0.15, -0.1) is 0 Å². The first-order chi connectivity index (χ1) is 9.31. The molecule has 116 valence electrons. The van der Waals surface area contributed by atoms with Crippen LogP contribution >= 0.6 is 0 Å². The van der Waals surface area contributed by atoms with Gasteiger partial charge in [0.05, 0.1) is 24.4 Å². The van der Waals surface area contributed by atoms with Crippen LogP contribution in [0.4, 0.5) is 0 Å². The van der Waals surface area contributed by atoms with Crippen molar-refractivity contribution in [3.05, 3.63) is 0 Å². The van der Waals surface area contributed by atoms with Gasteiger partial charge in [-0.3, -0.25) is 0 Å². The molecule has 20 heavy (non-hydrogen) atoms. The lowest BCUT2D eigenvalue weighted by atomic mass is 9.84. The molecule has 2 saturated heterocycles. The maximum atomic E-state index is 6.12. The Bertz CT molecular complexity index is 351. The number of rotatable bonds is 2. The van der Waals surface area contributed by atoms with Gasteiger partial charge in [-0.1, -0.05) is 6.92 Å². The third-order valence-electron chi connectivity index (χ3n) is 5.32. The summed E-state index contributed by atoms with van der Waals surface area (Å²) in [4.78, 5) is 0. The van der Waals surface area contributed by atoms with Crippen molar-refractivity contribution in [3.8, 4) is 0 Å². The second kappa shape index (κ2) is 4.94. The van der Waals surface area contributed by atoms with Crippen LogP contribution in [0.25, 0.3) is 0 Å². The molecule has 0 N–H and O–H groups in total. The fourth-order valence-corrected chi connectivity index (χ4v) is 3.82. The molecule has 1 saturated carbocycles. The van der Waals surface area contributed by atoms with E-state index in [1.54, 1.807) is 0 Å². The van der Waals surface area contributed by atoms with Crippen molar-refractivity contribution in [1.29, 1.82) is 0 Å². The summed E-state index contributed by atoms with van der Waals surface area (Å²) in [6, 6.07) is 0. The molecule has 0 aromatic heterocycles. The molecule has 1 aliphatic carbocycles. The van der Waals surface area contributed by atoms with E-state index in [2.05, 4.69) is 34.6 Å². The third kappa shape index (κ3) is 2.63. The van der Waals surface area contributed by atoms with Crippen LogP contribution in [0.2, 0.25) is 0 Å². The zero-order valence-electron chi connectivity index (χ0n) is 13.3. The Labute approximate surface area is 122 Å². The summed E-state index contributed by atoms with van der Waals surface area (Å²) >= 11 is 0. The molecule has 2 aliphatic heterocycles. The third-order valence-corrected chi connectivity index (χ3v) is 5.32. The van der Waals surface area contributed by atoms with Crippen LogP contribution in [0, 0.1) is 5.41 Å². The largest absolute Gasteiger partial charge is 0.347 e. The molecule has 5 atom stereocenters. The Kier molecular flexibility index (Phi) is 3.65. The molecule has 0 bridgehead atoms. The molecule has 1 spiro atoms. The quantitative estimate of drug-likeness (QED) is 0.780. The number of hydrogen-bond acceptors (Lipinski definition) is 4. The van der Waals surface area contributed by atoms with E-state index in [0.29, 0.717) is 0 Å². The minimum Gasteiger partial charge on any atom is -0.347 e. The van der Waals surface area contributed by atoms with Gasteiger partial charge in [0, 0.05) is 19.3 Å². The van der Waals surface area contributed by atoms with Crippen LogP contribution in [0.5, 0.6) is 0 Å². The Morgan fingerprint density at radius 1 is 0.850 bits per heavy atom. The van der Waals surface area contributed by atoms with Crippen LogP contribution in [0.1, 0.15) is 60.3 Å². The lowest BCUT2D eigenvalue weighted by molar-refractivity contribution is -0.175. The van der Waals surface area contributed by atoms with Crippen molar-refractivity contribution in [2.24, 2.45) is 5.41 Å². The van der Waals surface area contributed by atoms with E-state index in [-0.39, 0.29) is 41.9 Å². The average Bonchev–Trinajstić information content (AvgIpc) is 2.90. The maximum absolute atomic E-state index is 6.12. The Morgan fingerprint density at radius 3 is 1.95 bits per heavy atom. The van der Waals surface area contributed by atoms with Gasteiger partial charge in [0.1, 0.15) is 0 Å². The highest BCUT2D eigenvalue weighted by molar-refractivity contribution is 4.96. The summed E-state index contributed by atoms with van der Waals surface area (Å²) in [7, 11) is 0. The van der Waals surface area contributed by atoms with Crippen LogP contribution in [0.15, 0.2) is 0 Å². The molecule has 0 aromatic carbocycles. The van der Waals surface area contributed by atoms with E-state index in [0.717, 1.165) is 25.7 Å². The van der Waals surface area contributed by atoms with Gasteiger partial charge in [-0.2, -0.15) is 0 Å². The van der Waals surface area contributed by atoms with Crippen LogP contribution in [-0.4, -0.2) is 36.5 Å². The molecule has 0 radical (unpaired) electrons. The van der Waals surface area contributed by atoms with E-state index in [4.69, 9.17) is 18.9 Å². The van der Waals surface area contributed by atoms with Gasteiger partial charge in [0.15, 0.2) is 12.1 Å². The molecule has 0 aromatic rings. The van der Waals surface area contributed by atoms with Gasteiger partial charge in [-0.05, 0) is 39.5 Å². The van der Waals surface area contributed by atoms with Crippen molar-refractivity contribution in [1.82, 2.24) is 0 Å². The van der Waals surface area contributed by atoms with Crippen molar-refractivity contribution in [3.63, 3.8) is 0 Å². The molecule has 3 rings (SSSR count). The van der Waals surface area contributed by atoms with Crippen molar-refractivity contribution < 1.29 is 18.9 Å². The molecule has 4 heteroatoms. The molecule has 3 fully saturated rings. The first kappa shape index (κ1) is 14.8. The highest BCUT2D eigenvalue weighted by Gasteiger charge is 2.54. The monoisotopic (exact) mass is 284 g/mol. The van der Waals surface area contributed by atoms with E-state index < -0.39 is 0 Å². The van der Waals surface area contributed by atoms with E-state index in [1.165, 1.54) is 0 Å². The highest BCUT2D eigenvalue weighted by atomic mass is 16.8. The van der Waals surface area contributed by atoms with Crippen molar-refractivity contribution in [2.45, 2.75) is 96.8 Å². The Balaban J connectivity index is 1.61. The van der Waals surface area contributed by atoms with Crippen LogP contribution in [-0.2, 0) is 18.9 Å². The van der Waals surface area contributed by atoms with Crippen LogP contribution in [0.3, 0.4) is 0 Å². The minimum atomic E-state index is -0.358. The molecule has 3 aliphatic rings. The van der Waals surface area contributed by atoms with Gasteiger partial charge < -0.3 is 18.9 Å². The minimum absolute atomic E-state index is 0.0728. The second-order valence-electron chi connectivity index (χ2n) is 7.36. The maximum Gasteiger partial charge on any atom is 0.169 e. The van der Waals surface area contributed by atoms with Gasteiger partial charge in [0.2, 0.25) is 0 Å². The second-order valence-corrected chi connectivity index (χ2v) is 7.36. The molecule has 0 amide bonds. The lowest BCUT2D eigenvalue weighted by Crippen LogP contribution is -2.31. The first-order valence-corrected chi connectivity index (χ1v) is 7.97. The predicted octanol–water partition coefficient (Wildman–Crippen LogP) is 3.24. The van der Waals surface area contributed by atoms with E-state index >= 15 is 0 Å². The molecular formula is C16H28O4. The lowest BCUT2D eigenvalue weighted by Gasteiger charge is -2.29. The summed E-state index contributed by atoms with van der Waals surface area (Å²) in [5.74, 6) is -0.358. The standard InChI is InChI=1S/C16H28O4/c1-10-11(2)18-14(17-10)8-15(5)6-7-16(9-15)19-12(3)13(4)20-16/h10-14H,6-9H2,1-5H3/t10-,11-,12-,13-,15+/m1/s1. The smallest absolute Gasteiger partial charge is 0.169 e. The van der Waals surface area contributed by atoms with E-state index in [1.807, 2.05) is 0 Å². The van der Waals surface area contributed by atoms with E-state index in [9.17, 15) is 0 Å².